The van der Waals surface area contributed by atoms with E-state index >= 15 is 0 Å². The number of nitrogens with zero attached hydrogens (tertiary/aromatic N) is 3. The molecule has 7 heteroatoms. The maximum Gasteiger partial charge on any atom is 0.263 e. The van der Waals surface area contributed by atoms with Crippen molar-refractivity contribution < 1.29 is 9.53 Å². The van der Waals surface area contributed by atoms with Crippen LogP contribution in [0, 0.1) is 0 Å². The molecule has 0 fully saturated rings. The molecule has 3 N–H and O–H groups in total. The van der Waals surface area contributed by atoms with E-state index in [1.54, 1.807) is 30.7 Å². The van der Waals surface area contributed by atoms with E-state index in [0.717, 1.165) is 11.3 Å². The van der Waals surface area contributed by atoms with Crippen LogP contribution in [0.25, 0.3) is 5.69 Å². The number of aromatic nitrogens is 2. The summed E-state index contributed by atoms with van der Waals surface area (Å²) in [5, 5.41) is 2.54. The van der Waals surface area contributed by atoms with Gasteiger partial charge in [0.25, 0.3) is 5.91 Å². The molecule has 0 radical (unpaired) electrons. The van der Waals surface area contributed by atoms with Gasteiger partial charge in [0.15, 0.2) is 6.61 Å². The number of amides is 1. The van der Waals surface area contributed by atoms with Gasteiger partial charge >= 0.3 is 0 Å². The molecule has 0 atom stereocenters. The predicted molar refractivity (Wildman–Crippen MR) is 113 cm³/mol. The highest BCUT2D eigenvalue weighted by Gasteiger charge is 2.05. The lowest BCUT2D eigenvalue weighted by atomic mass is 10.1. The number of carbonyl (C=O) groups is 1. The Balaban J connectivity index is 1.52. The van der Waals surface area contributed by atoms with Crippen molar-refractivity contribution in [2.45, 2.75) is 0 Å². The third kappa shape index (κ3) is 5.67. The van der Waals surface area contributed by atoms with Crippen LogP contribution in [0.4, 0.5) is 0 Å². The van der Waals surface area contributed by atoms with E-state index in [1.165, 1.54) is 6.20 Å². The minimum atomic E-state index is -0.382. The number of nitrogens with one attached hydrogen (secondary N) is 1. The van der Waals surface area contributed by atoms with Crippen LogP contribution in [0.3, 0.4) is 0 Å². The van der Waals surface area contributed by atoms with Gasteiger partial charge in [-0.2, -0.15) is 0 Å². The number of nitrogens with two attached hydrogens (primary N) is 1. The third-order valence-electron chi connectivity index (χ3n) is 3.90. The first-order chi connectivity index (χ1) is 14.2. The SMILES string of the molecule is C=C/C(=N\C=C(/N)NC(=O)COc1ccc(-n2ccnc2)cc1)c1ccccc1. The smallest absolute Gasteiger partial charge is 0.263 e. The van der Waals surface area contributed by atoms with Crippen molar-refractivity contribution in [3.05, 3.63) is 104 Å². The normalized spacial score (nSPS) is 11.7. The van der Waals surface area contributed by atoms with Crippen LogP contribution in [0.5, 0.6) is 5.75 Å². The van der Waals surface area contributed by atoms with E-state index in [-0.39, 0.29) is 18.3 Å². The average Bonchev–Trinajstić information content (AvgIpc) is 3.29. The number of allylic oxidation sites excluding steroid dienone is 1. The Bertz CT molecular complexity index is 1010. The maximum absolute atomic E-state index is 12.0. The number of ether oxygens (including phenoxy) is 1. The molecule has 1 amide bonds. The zero-order chi connectivity index (χ0) is 20.5. The van der Waals surface area contributed by atoms with E-state index < -0.39 is 0 Å². The molecule has 1 aromatic heterocycles. The van der Waals surface area contributed by atoms with Gasteiger partial charge in [-0.05, 0) is 30.3 Å². The van der Waals surface area contributed by atoms with Crippen LogP contribution >= 0.6 is 0 Å². The first-order valence-electron chi connectivity index (χ1n) is 8.88. The van der Waals surface area contributed by atoms with Crippen molar-refractivity contribution in [2.24, 2.45) is 10.7 Å². The standard InChI is InChI=1S/C22H21N5O2/c1-2-20(17-6-4-3-5-7-17)25-14-21(23)26-22(28)15-29-19-10-8-18(9-11-19)27-13-12-24-16-27/h2-14,16H,1,15,23H2,(H,26,28)/b21-14+,25-20+. The summed E-state index contributed by atoms with van der Waals surface area (Å²) in [6.07, 6.45) is 8.25. The molecule has 0 aliphatic heterocycles. The van der Waals surface area contributed by atoms with Gasteiger partial charge in [-0.1, -0.05) is 36.9 Å². The number of benzene rings is 2. The van der Waals surface area contributed by atoms with Gasteiger partial charge < -0.3 is 20.4 Å². The van der Waals surface area contributed by atoms with Crippen molar-refractivity contribution in [1.82, 2.24) is 14.9 Å². The van der Waals surface area contributed by atoms with Gasteiger partial charge in [-0.3, -0.25) is 9.79 Å². The van der Waals surface area contributed by atoms with Crippen molar-refractivity contribution in [2.75, 3.05) is 6.61 Å². The van der Waals surface area contributed by atoms with E-state index in [9.17, 15) is 4.79 Å². The van der Waals surface area contributed by atoms with Gasteiger partial charge in [0.05, 0.1) is 18.2 Å². The summed E-state index contributed by atoms with van der Waals surface area (Å²) in [6.45, 7) is 3.58. The van der Waals surface area contributed by atoms with Crippen molar-refractivity contribution >= 4 is 11.6 Å². The van der Waals surface area contributed by atoms with E-state index in [1.807, 2.05) is 53.2 Å². The molecule has 0 unspecified atom stereocenters. The fraction of sp³-hybridized carbons (Fsp3) is 0.0455. The Hall–Kier alpha value is -4.13. The van der Waals surface area contributed by atoms with Crippen molar-refractivity contribution in [1.29, 1.82) is 0 Å². The highest BCUT2D eigenvalue weighted by molar-refractivity contribution is 6.08. The second kappa shape index (κ2) is 9.70. The minimum absolute atomic E-state index is 0.115. The predicted octanol–water partition coefficient (Wildman–Crippen LogP) is 2.80. The molecule has 3 aromatic rings. The van der Waals surface area contributed by atoms with Gasteiger partial charge in [0.1, 0.15) is 11.6 Å². The number of carbonyl (C=O) groups excluding carboxylic acids is 1. The van der Waals surface area contributed by atoms with E-state index in [2.05, 4.69) is 21.9 Å². The number of hydrogen-bond acceptors (Lipinski definition) is 5. The lowest BCUT2D eigenvalue weighted by Crippen LogP contribution is -2.31. The van der Waals surface area contributed by atoms with Crippen LogP contribution in [-0.4, -0.2) is 27.8 Å². The molecular formula is C22H21N5O2. The molecule has 0 bridgehead atoms. The van der Waals surface area contributed by atoms with Gasteiger partial charge in [-0.15, -0.1) is 0 Å². The van der Waals surface area contributed by atoms with E-state index in [4.69, 9.17) is 10.5 Å². The largest absolute Gasteiger partial charge is 0.484 e. The first kappa shape index (κ1) is 19.6. The highest BCUT2D eigenvalue weighted by Crippen LogP contribution is 2.14. The molecule has 0 spiro atoms. The third-order valence-corrected chi connectivity index (χ3v) is 3.90. The van der Waals surface area contributed by atoms with Crippen LogP contribution < -0.4 is 15.8 Å². The van der Waals surface area contributed by atoms with Crippen molar-refractivity contribution in [3.8, 4) is 11.4 Å². The Morgan fingerprint density at radius 2 is 1.97 bits per heavy atom. The summed E-state index contributed by atoms with van der Waals surface area (Å²) in [5.41, 5.74) is 8.32. The summed E-state index contributed by atoms with van der Waals surface area (Å²) in [6, 6.07) is 16.9. The van der Waals surface area contributed by atoms with E-state index in [0.29, 0.717) is 11.5 Å². The Morgan fingerprint density at radius 3 is 2.62 bits per heavy atom. The molecule has 29 heavy (non-hydrogen) atoms. The Morgan fingerprint density at radius 1 is 1.21 bits per heavy atom. The molecule has 0 aliphatic rings. The summed E-state index contributed by atoms with van der Waals surface area (Å²) in [7, 11) is 0. The molecular weight excluding hydrogens is 366 g/mol. The van der Waals surface area contributed by atoms with Crippen LogP contribution in [0.2, 0.25) is 0 Å². The lowest BCUT2D eigenvalue weighted by molar-refractivity contribution is -0.122. The lowest BCUT2D eigenvalue weighted by Gasteiger charge is -2.08. The summed E-state index contributed by atoms with van der Waals surface area (Å²) >= 11 is 0. The highest BCUT2D eigenvalue weighted by atomic mass is 16.5. The molecule has 3 rings (SSSR count). The molecule has 146 valence electrons. The fourth-order valence-corrected chi connectivity index (χ4v) is 2.50. The maximum atomic E-state index is 12.0. The minimum Gasteiger partial charge on any atom is -0.484 e. The first-order valence-corrected chi connectivity index (χ1v) is 8.88. The number of aliphatic imine (C=N–C) groups is 1. The topological polar surface area (TPSA) is 94.5 Å². The summed E-state index contributed by atoms with van der Waals surface area (Å²) in [4.78, 5) is 20.3. The Labute approximate surface area is 168 Å². The molecule has 0 saturated heterocycles. The van der Waals surface area contributed by atoms with Crippen LogP contribution in [-0.2, 0) is 4.79 Å². The molecule has 1 heterocycles. The average molecular weight is 387 g/mol. The summed E-state index contributed by atoms with van der Waals surface area (Å²) in [5.74, 6) is 0.305. The monoisotopic (exact) mass is 387 g/mol. The van der Waals surface area contributed by atoms with Crippen LogP contribution in [0.1, 0.15) is 5.56 Å². The van der Waals surface area contributed by atoms with Gasteiger partial charge in [-0.25, -0.2) is 4.98 Å². The second-order valence-corrected chi connectivity index (χ2v) is 5.97. The zero-order valence-corrected chi connectivity index (χ0v) is 15.7. The fourth-order valence-electron chi connectivity index (χ4n) is 2.50. The Kier molecular flexibility index (Phi) is 6.57. The quantitative estimate of drug-likeness (QED) is 0.581. The number of imidazole rings is 1. The zero-order valence-electron chi connectivity index (χ0n) is 15.7. The molecule has 0 aliphatic carbocycles. The van der Waals surface area contributed by atoms with Crippen molar-refractivity contribution in [3.63, 3.8) is 0 Å². The number of rotatable bonds is 8. The van der Waals surface area contributed by atoms with Gasteiger partial charge in [0, 0.05) is 23.6 Å². The summed E-state index contributed by atoms with van der Waals surface area (Å²) < 4.78 is 7.36. The number of hydrogen-bond donors (Lipinski definition) is 2. The molecule has 0 saturated carbocycles. The molecule has 7 nitrogen and oxygen atoms in total. The molecule has 2 aromatic carbocycles. The second-order valence-electron chi connectivity index (χ2n) is 5.97. The van der Waals surface area contributed by atoms with Gasteiger partial charge in [0.2, 0.25) is 0 Å². The van der Waals surface area contributed by atoms with Crippen LogP contribution in [0.15, 0.2) is 103 Å².